The van der Waals surface area contributed by atoms with Crippen molar-refractivity contribution in [1.29, 1.82) is 0 Å². The Labute approximate surface area is 220 Å². The van der Waals surface area contributed by atoms with Crippen LogP contribution in [-0.4, -0.2) is 32.9 Å². The van der Waals surface area contributed by atoms with Crippen LogP contribution in [0.3, 0.4) is 0 Å². The van der Waals surface area contributed by atoms with Gasteiger partial charge >= 0.3 is 104 Å². The third-order valence-corrected chi connectivity index (χ3v) is 0. The molecule has 0 unspecified atom stereocenters. The van der Waals surface area contributed by atoms with Crippen molar-refractivity contribution in [2.75, 3.05) is 0 Å². The summed E-state index contributed by atoms with van der Waals surface area (Å²) in [5, 5.41) is 0. The molecule has 0 fully saturated rings. The molecule has 0 saturated heterocycles. The first-order valence-corrected chi connectivity index (χ1v) is 14.2. The van der Waals surface area contributed by atoms with E-state index in [0.717, 1.165) is 0 Å². The van der Waals surface area contributed by atoms with E-state index in [2.05, 4.69) is 0 Å². The molecule has 54 N–H and O–H groups in total. The predicted molar refractivity (Wildman–Crippen MR) is 127 cm³/mol. The molecule has 0 aliphatic carbocycles. The van der Waals surface area contributed by atoms with Crippen LogP contribution in [0.15, 0.2) is 0 Å². The summed E-state index contributed by atoms with van der Waals surface area (Å²) in [7, 11) is 29.1. The van der Waals surface area contributed by atoms with Crippen LogP contribution >= 0.6 is 58.1 Å². The Bertz CT molecular complexity index is 56.6. The second-order valence-corrected chi connectivity index (χ2v) is 8.07. The summed E-state index contributed by atoms with van der Waals surface area (Å²) in [5.41, 5.74) is 0. The molecule has 29 heteroatoms. The number of halogens is 6. The minimum atomic E-state index is -0.346. The van der Waals surface area contributed by atoms with E-state index in [1.807, 2.05) is 0 Å². The molecule has 20 nitrogen and oxygen atoms in total. The van der Waals surface area contributed by atoms with E-state index < -0.39 is 0 Å². The van der Waals surface area contributed by atoms with Gasteiger partial charge in [0.25, 0.3) is 0 Å². The standard InChI is InChI=1S/6ClH.14H3N.6H2O.3Ru/h6*1H;14*1H3;6*1H2;;;/q;;;;;;;;;;;;;;;;;;;;;;;;;;3*+2/p-6. The van der Waals surface area contributed by atoms with Crippen LogP contribution in [0.4, 0.5) is 0 Å². The first-order valence-electron chi connectivity index (χ1n) is 0.802. The Morgan fingerprint density at radius 1 is 0.207 bits per heavy atom. The first-order chi connectivity index (χ1) is 4.24. The van der Waals surface area contributed by atoms with Crippen LogP contribution in [0, 0.1) is 0 Å². The van der Waals surface area contributed by atoms with Gasteiger partial charge in [0.2, 0.25) is 0 Å². The fourth-order valence-electron chi connectivity index (χ4n) is 0. The third-order valence-electron chi connectivity index (χ3n) is 0. The average molecular weight is 862 g/mol. The summed E-state index contributed by atoms with van der Waals surface area (Å²) in [6, 6.07) is 0. The molecular weight excluding hydrogens is 808 g/mol. The van der Waals surface area contributed by atoms with Gasteiger partial charge in [0.05, 0.1) is 0 Å². The Morgan fingerprint density at radius 2 is 0.207 bits per heavy atom. The van der Waals surface area contributed by atoms with E-state index in [-0.39, 0.29) is 164 Å². The maximum atomic E-state index is 4.85. The zero-order chi connectivity index (χ0) is 8.12. The van der Waals surface area contributed by atoms with Gasteiger partial charge in [-0.1, -0.05) is 0 Å². The monoisotopic (exact) mass is 862 g/mol. The fraction of sp³-hybridized carbons (Fsp3) is 0. The summed E-state index contributed by atoms with van der Waals surface area (Å²) in [6.07, 6.45) is 0. The van der Waals surface area contributed by atoms with Gasteiger partial charge in [-0.25, -0.2) is 0 Å². The van der Waals surface area contributed by atoms with Gasteiger partial charge in [-0.05, 0) is 0 Å². The molecule has 226 valence electrons. The van der Waals surface area contributed by atoms with Gasteiger partial charge in [-0.2, -0.15) is 0 Å². The van der Waals surface area contributed by atoms with Crippen LogP contribution < -0.4 is 86.1 Å². The molecule has 29 heavy (non-hydrogen) atoms. The van der Waals surface area contributed by atoms with E-state index in [0.29, 0.717) is 0 Å². The van der Waals surface area contributed by atoms with E-state index >= 15 is 0 Å². The van der Waals surface area contributed by atoms with E-state index in [9.17, 15) is 0 Å². The molecule has 0 rings (SSSR count). The molecular formula is H54Cl6N14O6Ru3. The van der Waals surface area contributed by atoms with Gasteiger partial charge < -0.3 is 119 Å². The third kappa shape index (κ3) is 3240. The fourth-order valence-corrected chi connectivity index (χ4v) is 0. The number of hydrogen-bond donors (Lipinski definition) is 14. The minimum absolute atomic E-state index is 0. The molecule has 0 bridgehead atoms. The summed E-state index contributed by atoms with van der Waals surface area (Å²) >= 11 is -1.04. The molecule has 0 radical (unpaired) electrons. The summed E-state index contributed by atoms with van der Waals surface area (Å²) < 4.78 is 0. The SMILES string of the molecule is N.N.N.N.N.N.N.N.N.N.N.N.N.N.O.O.O.O.O.O.[Cl][Ru][Cl].[Cl][Ru][Cl].[Cl][Ru][Cl]. The zero-order valence-corrected chi connectivity index (χ0v) is 26.0. The zero-order valence-electron chi connectivity index (χ0n) is 16.2. The topological polar surface area (TPSA) is 679 Å². The molecule has 0 aromatic heterocycles. The van der Waals surface area contributed by atoms with Crippen molar-refractivity contribution in [2.45, 2.75) is 0 Å². The summed E-state index contributed by atoms with van der Waals surface area (Å²) in [5.74, 6) is 0. The van der Waals surface area contributed by atoms with Crippen molar-refractivity contribution < 1.29 is 78.3 Å². The predicted octanol–water partition coefficient (Wildman–Crippen LogP) is 1.45. The Kier molecular flexibility index (Phi) is 10900. The van der Waals surface area contributed by atoms with E-state index in [1.165, 1.54) is 0 Å². The van der Waals surface area contributed by atoms with Gasteiger partial charge in [-0.3, -0.25) is 0 Å². The Morgan fingerprint density at radius 3 is 0.207 bits per heavy atom. The molecule has 0 heterocycles. The Hall–Kier alpha value is 2.81. The van der Waals surface area contributed by atoms with Crippen LogP contribution in [0.25, 0.3) is 0 Å². The van der Waals surface area contributed by atoms with Gasteiger partial charge in [0.1, 0.15) is 0 Å². The summed E-state index contributed by atoms with van der Waals surface area (Å²) in [4.78, 5) is 0. The molecule has 0 aromatic carbocycles. The van der Waals surface area contributed by atoms with Gasteiger partial charge in [0.15, 0.2) is 0 Å². The molecule has 0 atom stereocenters. The van der Waals surface area contributed by atoms with Gasteiger partial charge in [0, 0.05) is 0 Å². The first kappa shape index (κ1) is 389. The number of hydrogen-bond acceptors (Lipinski definition) is 14. The van der Waals surface area contributed by atoms with Crippen molar-refractivity contribution in [3.8, 4) is 0 Å². The van der Waals surface area contributed by atoms with Crippen LogP contribution in [0.1, 0.15) is 0 Å². The molecule has 0 aliphatic heterocycles. The normalized spacial score (nSPS) is 2.28. The second kappa shape index (κ2) is 811. The summed E-state index contributed by atoms with van der Waals surface area (Å²) in [6.45, 7) is 0. The molecule has 0 aromatic rings. The van der Waals surface area contributed by atoms with Crippen LogP contribution in [-0.2, 0) is 45.4 Å². The molecule has 0 amide bonds. The van der Waals surface area contributed by atoms with Crippen molar-refractivity contribution in [3.63, 3.8) is 0 Å². The molecule has 0 spiro atoms. The second-order valence-electron chi connectivity index (χ2n) is 0.152. The number of rotatable bonds is 0. The van der Waals surface area contributed by atoms with Crippen molar-refractivity contribution in [3.05, 3.63) is 0 Å². The quantitative estimate of drug-likeness (QED) is 0.153. The van der Waals surface area contributed by atoms with Crippen molar-refractivity contribution >= 4 is 58.1 Å². The maximum absolute atomic E-state index is 4.85. The van der Waals surface area contributed by atoms with Crippen molar-refractivity contribution in [2.24, 2.45) is 0 Å². The van der Waals surface area contributed by atoms with Gasteiger partial charge in [-0.15, -0.1) is 0 Å². The van der Waals surface area contributed by atoms with Crippen LogP contribution in [0.2, 0.25) is 0 Å². The van der Waals surface area contributed by atoms with Crippen molar-refractivity contribution in [1.82, 2.24) is 86.1 Å². The van der Waals surface area contributed by atoms with Crippen LogP contribution in [0.5, 0.6) is 0 Å². The molecule has 0 saturated carbocycles. The molecule has 0 aliphatic rings. The average Bonchev–Trinajstić information content (AvgIpc) is 1.70. The van der Waals surface area contributed by atoms with E-state index in [1.54, 1.807) is 0 Å². The van der Waals surface area contributed by atoms with E-state index in [4.69, 9.17) is 58.1 Å². The Balaban J connectivity index is -0.000000000659.